The highest BCUT2D eigenvalue weighted by Gasteiger charge is 2.15. The van der Waals surface area contributed by atoms with E-state index in [0.717, 1.165) is 0 Å². The molecule has 0 atom stereocenters. The van der Waals surface area contributed by atoms with Crippen molar-refractivity contribution in [2.45, 2.75) is 13.5 Å². The molecular formula is C15H17N3O4. The summed E-state index contributed by atoms with van der Waals surface area (Å²) in [7, 11) is 3.00. The summed E-state index contributed by atoms with van der Waals surface area (Å²) in [6, 6.07) is 3.09. The van der Waals surface area contributed by atoms with Gasteiger partial charge in [-0.25, -0.2) is 4.79 Å². The number of aromatic amines is 1. The normalized spacial score (nSPS) is 11.9. The van der Waals surface area contributed by atoms with Crippen LogP contribution in [0.15, 0.2) is 28.5 Å². The van der Waals surface area contributed by atoms with Crippen LogP contribution in [-0.4, -0.2) is 34.8 Å². The molecule has 0 aliphatic carbocycles. The first-order chi connectivity index (χ1) is 10.4. The van der Waals surface area contributed by atoms with Crippen molar-refractivity contribution in [1.82, 2.24) is 9.55 Å². The van der Waals surface area contributed by atoms with Gasteiger partial charge in [0.05, 0.1) is 23.2 Å². The molecule has 1 aromatic carbocycles. The molecule has 2 rings (SSSR count). The lowest BCUT2D eigenvalue weighted by Crippen LogP contribution is -2.37. The van der Waals surface area contributed by atoms with Gasteiger partial charge < -0.3 is 14.8 Å². The molecule has 2 N–H and O–H groups in total. The molecule has 116 valence electrons. The molecule has 0 aliphatic heterocycles. The number of H-pyrrole nitrogens is 1. The van der Waals surface area contributed by atoms with Crippen molar-refractivity contribution in [3.8, 4) is 0 Å². The summed E-state index contributed by atoms with van der Waals surface area (Å²) in [5.74, 6) is -1.08. The summed E-state index contributed by atoms with van der Waals surface area (Å²) >= 11 is 0. The minimum absolute atomic E-state index is 0.0828. The van der Waals surface area contributed by atoms with Crippen LogP contribution >= 0.6 is 0 Å². The number of carboxylic acids is 1. The fourth-order valence-corrected chi connectivity index (χ4v) is 2.37. The summed E-state index contributed by atoms with van der Waals surface area (Å²) in [6.07, 6.45) is 0. The van der Waals surface area contributed by atoms with Gasteiger partial charge in [0.1, 0.15) is 0 Å². The van der Waals surface area contributed by atoms with Crippen molar-refractivity contribution in [1.29, 1.82) is 0 Å². The van der Waals surface area contributed by atoms with E-state index >= 15 is 0 Å². The van der Waals surface area contributed by atoms with Gasteiger partial charge in [0.25, 0.3) is 5.56 Å². The average Bonchev–Trinajstić information content (AvgIpc) is 2.45. The number of nitrogens with one attached hydrogen (secondary N) is 1. The molecule has 0 aliphatic rings. The molecule has 22 heavy (non-hydrogen) atoms. The number of nitrogens with zero attached hydrogens (tertiary/aromatic N) is 2. The number of benzene rings is 1. The molecule has 2 aromatic rings. The summed E-state index contributed by atoms with van der Waals surface area (Å²) in [5.41, 5.74) is 2.00. The van der Waals surface area contributed by atoms with Gasteiger partial charge in [0.2, 0.25) is 0 Å². The Bertz CT molecular complexity index is 890. The van der Waals surface area contributed by atoms with E-state index < -0.39 is 11.5 Å². The minimum atomic E-state index is -1.08. The van der Waals surface area contributed by atoms with Crippen molar-refractivity contribution in [2.75, 3.05) is 14.2 Å². The first-order valence-corrected chi connectivity index (χ1v) is 6.53. The number of carbonyl (C=O) groups is 1. The standard InChI is InChI=1S/C15H17N3O4/c1-8(2)18-12-5-9(7-22-4)10(15(20)21)6-11(12)17-14(19)13(18)16-3/h5-6H,1,7H2,2-4H3,(H,17,19)(H,20,21). The topological polar surface area (TPSA) is 96.7 Å². The van der Waals surface area contributed by atoms with E-state index in [1.54, 1.807) is 17.6 Å². The zero-order chi connectivity index (χ0) is 16.4. The third-order valence-electron chi connectivity index (χ3n) is 3.25. The van der Waals surface area contributed by atoms with Gasteiger partial charge in [-0.05, 0) is 24.6 Å². The van der Waals surface area contributed by atoms with Crippen molar-refractivity contribution < 1.29 is 14.6 Å². The molecule has 1 heterocycles. The van der Waals surface area contributed by atoms with Crippen molar-refractivity contribution in [3.63, 3.8) is 0 Å². The summed E-state index contributed by atoms with van der Waals surface area (Å²) in [5, 5.41) is 9.31. The third kappa shape index (κ3) is 2.58. The Labute approximate surface area is 126 Å². The first kappa shape index (κ1) is 15.7. The number of rotatable bonds is 4. The Hall–Kier alpha value is -2.67. The molecule has 0 bridgehead atoms. The number of methoxy groups -OCH3 is 1. The maximum absolute atomic E-state index is 12.1. The van der Waals surface area contributed by atoms with E-state index in [0.29, 0.717) is 22.3 Å². The van der Waals surface area contributed by atoms with Crippen LogP contribution in [0.4, 0.5) is 0 Å². The van der Waals surface area contributed by atoms with Gasteiger partial charge in [0, 0.05) is 19.9 Å². The average molecular weight is 303 g/mol. The van der Waals surface area contributed by atoms with Crippen LogP contribution in [0.2, 0.25) is 0 Å². The van der Waals surface area contributed by atoms with Gasteiger partial charge in [-0.2, -0.15) is 0 Å². The Morgan fingerprint density at radius 2 is 2.18 bits per heavy atom. The number of allylic oxidation sites excluding steroid dienone is 1. The second kappa shape index (κ2) is 5.98. The van der Waals surface area contributed by atoms with Crippen LogP contribution in [0.25, 0.3) is 16.7 Å². The van der Waals surface area contributed by atoms with E-state index in [2.05, 4.69) is 16.6 Å². The van der Waals surface area contributed by atoms with E-state index in [9.17, 15) is 14.7 Å². The highest BCUT2D eigenvalue weighted by Crippen LogP contribution is 2.19. The second-order valence-corrected chi connectivity index (χ2v) is 4.84. The summed E-state index contributed by atoms with van der Waals surface area (Å²) in [6.45, 7) is 5.75. The third-order valence-corrected chi connectivity index (χ3v) is 3.25. The second-order valence-electron chi connectivity index (χ2n) is 4.84. The molecule has 0 fully saturated rings. The minimum Gasteiger partial charge on any atom is -0.478 e. The number of carboxylic acid groups (broad SMARTS) is 1. The van der Waals surface area contributed by atoms with E-state index in [4.69, 9.17) is 4.74 Å². The van der Waals surface area contributed by atoms with E-state index in [1.165, 1.54) is 20.2 Å². The van der Waals surface area contributed by atoms with Gasteiger partial charge in [-0.1, -0.05) is 6.58 Å². The van der Waals surface area contributed by atoms with Crippen LogP contribution in [0, 0.1) is 0 Å². The predicted molar refractivity (Wildman–Crippen MR) is 82.7 cm³/mol. The molecule has 1 aromatic heterocycles. The zero-order valence-electron chi connectivity index (χ0n) is 12.6. The maximum atomic E-state index is 12.1. The fourth-order valence-electron chi connectivity index (χ4n) is 2.37. The molecule has 7 nitrogen and oxygen atoms in total. The Morgan fingerprint density at radius 3 is 2.68 bits per heavy atom. The first-order valence-electron chi connectivity index (χ1n) is 6.53. The largest absolute Gasteiger partial charge is 0.478 e. The number of aromatic carboxylic acids is 1. The maximum Gasteiger partial charge on any atom is 0.336 e. The summed E-state index contributed by atoms with van der Waals surface area (Å²) in [4.78, 5) is 30.1. The molecule has 0 unspecified atom stereocenters. The van der Waals surface area contributed by atoms with E-state index in [-0.39, 0.29) is 17.7 Å². The van der Waals surface area contributed by atoms with Gasteiger partial charge >= 0.3 is 5.97 Å². The highest BCUT2D eigenvalue weighted by molar-refractivity contribution is 5.94. The smallest absolute Gasteiger partial charge is 0.336 e. The number of ether oxygens (including phenoxy) is 1. The number of fused-ring (bicyclic) bond motifs is 1. The predicted octanol–water partition coefficient (Wildman–Crippen LogP) is 1.20. The lowest BCUT2D eigenvalue weighted by molar-refractivity contribution is 0.0692. The van der Waals surface area contributed by atoms with Crippen LogP contribution in [0.5, 0.6) is 0 Å². The summed E-state index contributed by atoms with van der Waals surface area (Å²) < 4.78 is 6.65. The van der Waals surface area contributed by atoms with Crippen LogP contribution < -0.4 is 11.0 Å². The number of hydrogen-bond acceptors (Lipinski definition) is 4. The quantitative estimate of drug-likeness (QED) is 0.886. The molecular weight excluding hydrogens is 286 g/mol. The lowest BCUT2D eigenvalue weighted by atomic mass is 10.1. The van der Waals surface area contributed by atoms with E-state index in [1.807, 2.05) is 0 Å². The highest BCUT2D eigenvalue weighted by atomic mass is 16.5. The van der Waals surface area contributed by atoms with Gasteiger partial charge in [-0.3, -0.25) is 14.4 Å². The SMILES string of the molecule is C=C(C)n1c(=NC)c(=O)[nH]c2cc(C(=O)O)c(COC)cc21. The molecule has 0 saturated carbocycles. The molecule has 0 spiro atoms. The van der Waals surface area contributed by atoms with Gasteiger partial charge in [-0.15, -0.1) is 0 Å². The van der Waals surface area contributed by atoms with Crippen LogP contribution in [0.3, 0.4) is 0 Å². The molecule has 7 heteroatoms. The lowest BCUT2D eigenvalue weighted by Gasteiger charge is -2.14. The molecule has 0 amide bonds. The van der Waals surface area contributed by atoms with Crippen molar-refractivity contribution in [2.24, 2.45) is 4.99 Å². The Balaban J connectivity index is 3.02. The number of aromatic nitrogens is 2. The van der Waals surface area contributed by atoms with Crippen LogP contribution in [0.1, 0.15) is 22.8 Å². The molecule has 0 saturated heterocycles. The Morgan fingerprint density at radius 1 is 1.50 bits per heavy atom. The van der Waals surface area contributed by atoms with Gasteiger partial charge in [0.15, 0.2) is 5.49 Å². The number of hydrogen-bond donors (Lipinski definition) is 2. The fraction of sp³-hybridized carbons (Fsp3) is 0.267. The molecule has 0 radical (unpaired) electrons. The van der Waals surface area contributed by atoms with Crippen molar-refractivity contribution in [3.05, 3.63) is 45.7 Å². The Kier molecular flexibility index (Phi) is 4.27. The van der Waals surface area contributed by atoms with Crippen LogP contribution in [-0.2, 0) is 11.3 Å². The zero-order valence-corrected chi connectivity index (χ0v) is 12.6. The van der Waals surface area contributed by atoms with Crippen molar-refractivity contribution >= 4 is 22.7 Å². The monoisotopic (exact) mass is 303 g/mol.